The van der Waals surface area contributed by atoms with Gasteiger partial charge in [0.25, 0.3) is 0 Å². The summed E-state index contributed by atoms with van der Waals surface area (Å²) in [5.74, 6) is -0.0609. The number of ether oxygens (including phenoxy) is 3. The number of carbonyl (C=O) groups excluding carboxylic acids is 2. The van der Waals surface area contributed by atoms with Crippen LogP contribution in [0.1, 0.15) is 40.2 Å². The number of hydrogen-bond acceptors (Lipinski definition) is 8. The van der Waals surface area contributed by atoms with Gasteiger partial charge in [0.2, 0.25) is 0 Å². The second-order valence-corrected chi connectivity index (χ2v) is 11.3. The highest BCUT2D eigenvalue weighted by Gasteiger charge is 2.47. The topological polar surface area (TPSA) is 112 Å². The lowest BCUT2D eigenvalue weighted by Crippen LogP contribution is -2.38. The molecule has 0 aromatic heterocycles. The van der Waals surface area contributed by atoms with Crippen LogP contribution in [0.2, 0.25) is 0 Å². The zero-order chi connectivity index (χ0) is 27.7. The first-order valence-electron chi connectivity index (χ1n) is 12.8. The van der Waals surface area contributed by atoms with Gasteiger partial charge in [-0.25, -0.2) is 14.0 Å². The lowest BCUT2D eigenvalue weighted by Gasteiger charge is -2.27. The molecule has 1 aliphatic carbocycles. The smallest absolute Gasteiger partial charge is 0.456 e. The van der Waals surface area contributed by atoms with Crippen LogP contribution in [0.15, 0.2) is 41.3 Å². The molecule has 3 aliphatic rings. The number of rotatable bonds is 8. The summed E-state index contributed by atoms with van der Waals surface area (Å²) >= 11 is -2.23. The standard InChI is InChI=1S/C28H31FN2O7S/c1-36-27(33)25-23(7-6-21-22-13-19(22)16-38-26(21)25)31(28(34)37-2)39(35)24-8-5-20(29)12-18(24)4-3-10-30-11-9-17(14-30)15-32/h3-8,12,17,19,22,32H,9-11,13-16H2,1-2H3/b4-3-/t17-,19-,22-,39?/m0/s1. The Morgan fingerprint density at radius 2 is 2.10 bits per heavy atom. The van der Waals surface area contributed by atoms with Gasteiger partial charge in [0, 0.05) is 31.2 Å². The van der Waals surface area contributed by atoms with Crippen LogP contribution in [0.25, 0.3) is 6.08 Å². The summed E-state index contributed by atoms with van der Waals surface area (Å²) in [6.07, 6.45) is 4.37. The average Bonchev–Trinajstić information content (AvgIpc) is 3.61. The van der Waals surface area contributed by atoms with Crippen LogP contribution in [0.4, 0.5) is 14.9 Å². The number of aliphatic hydroxyl groups excluding tert-OH is 1. The van der Waals surface area contributed by atoms with E-state index in [2.05, 4.69) is 4.90 Å². The van der Waals surface area contributed by atoms with Gasteiger partial charge in [-0.1, -0.05) is 22.5 Å². The third-order valence-electron chi connectivity index (χ3n) is 7.49. The van der Waals surface area contributed by atoms with Crippen molar-refractivity contribution in [3.8, 4) is 5.75 Å². The zero-order valence-corrected chi connectivity index (χ0v) is 22.6. The molecule has 1 saturated heterocycles. The Hall–Kier alpha value is -3.12. The summed E-state index contributed by atoms with van der Waals surface area (Å²) in [4.78, 5) is 28.3. The fourth-order valence-electron chi connectivity index (χ4n) is 5.31. The van der Waals surface area contributed by atoms with Crippen molar-refractivity contribution in [1.82, 2.24) is 4.90 Å². The van der Waals surface area contributed by atoms with Crippen LogP contribution in [-0.4, -0.2) is 73.7 Å². The molecule has 1 amide bonds. The third-order valence-corrected chi connectivity index (χ3v) is 8.92. The Balaban J connectivity index is 1.50. The molecule has 39 heavy (non-hydrogen) atoms. The molecule has 0 bridgehead atoms. The Morgan fingerprint density at radius 3 is 2.82 bits per heavy atom. The number of amides is 1. The van der Waals surface area contributed by atoms with Crippen LogP contribution < -0.4 is 9.04 Å². The van der Waals surface area contributed by atoms with E-state index in [1.54, 1.807) is 18.2 Å². The maximum absolute atomic E-state index is 14.3. The van der Waals surface area contributed by atoms with E-state index < -0.39 is 29.2 Å². The van der Waals surface area contributed by atoms with E-state index in [1.165, 1.54) is 19.2 Å². The molecule has 9 nitrogen and oxygen atoms in total. The van der Waals surface area contributed by atoms with Gasteiger partial charge in [-0.15, -0.1) is 0 Å². The van der Waals surface area contributed by atoms with Gasteiger partial charge in [-0.05, 0) is 61.1 Å². The predicted molar refractivity (Wildman–Crippen MR) is 142 cm³/mol. The number of hydrogen-bond donors (Lipinski definition) is 1. The maximum Gasteiger partial charge on any atom is 0.456 e. The van der Waals surface area contributed by atoms with Crippen molar-refractivity contribution < 1.29 is 37.8 Å². The highest BCUT2D eigenvalue weighted by molar-refractivity contribution is 7.93. The molecule has 2 aromatic rings. The van der Waals surface area contributed by atoms with E-state index in [0.717, 1.165) is 49.0 Å². The minimum atomic E-state index is -2.23. The predicted octanol–water partition coefficient (Wildman–Crippen LogP) is 3.73. The Kier molecular flexibility index (Phi) is 8.13. The SMILES string of the molecule is COC(=O)c1c(N(C(=O)OC)[S+]([O-])c2ccc(F)cc2/C=C\CN2CC[C@H](CO)C2)ccc2c1OC[C@@H]1C[C@H]21. The molecule has 5 rings (SSSR count). The first kappa shape index (κ1) is 27.4. The van der Waals surface area contributed by atoms with Crippen molar-refractivity contribution in [2.75, 3.05) is 51.4 Å². The van der Waals surface area contributed by atoms with Crippen molar-refractivity contribution in [2.45, 2.75) is 23.7 Å². The van der Waals surface area contributed by atoms with Crippen molar-refractivity contribution in [1.29, 1.82) is 0 Å². The molecule has 11 heteroatoms. The van der Waals surface area contributed by atoms with Gasteiger partial charge >= 0.3 is 12.1 Å². The fraction of sp³-hybridized carbons (Fsp3) is 0.429. The molecular formula is C28H31FN2O7S. The van der Waals surface area contributed by atoms with Crippen LogP contribution in [-0.2, 0) is 20.8 Å². The number of halogens is 1. The molecule has 2 heterocycles. The summed E-state index contributed by atoms with van der Waals surface area (Å²) in [7, 11) is 2.37. The summed E-state index contributed by atoms with van der Waals surface area (Å²) in [5, 5.41) is 9.38. The summed E-state index contributed by atoms with van der Waals surface area (Å²) in [6.45, 7) is 2.74. The molecule has 2 aliphatic heterocycles. The lowest BCUT2D eigenvalue weighted by molar-refractivity contribution is 0.0596. The van der Waals surface area contributed by atoms with Gasteiger partial charge in [-0.2, -0.15) is 0 Å². The number of anilines is 1. The normalized spacial score (nSPS) is 22.5. The Bertz CT molecular complexity index is 1290. The second-order valence-electron chi connectivity index (χ2n) is 9.98. The van der Waals surface area contributed by atoms with E-state index in [1.807, 2.05) is 6.08 Å². The van der Waals surface area contributed by atoms with Gasteiger partial charge in [-0.3, -0.25) is 4.90 Å². The number of fused-ring (bicyclic) bond motifs is 3. The highest BCUT2D eigenvalue weighted by atomic mass is 32.2. The first-order chi connectivity index (χ1) is 18.9. The summed E-state index contributed by atoms with van der Waals surface area (Å²) in [6, 6.07) is 7.07. The van der Waals surface area contributed by atoms with Crippen molar-refractivity contribution >= 4 is 35.2 Å². The number of methoxy groups -OCH3 is 2. The number of esters is 1. The van der Waals surface area contributed by atoms with E-state index in [4.69, 9.17) is 14.2 Å². The van der Waals surface area contributed by atoms with Gasteiger partial charge in [0.1, 0.15) is 34.2 Å². The molecular weight excluding hydrogens is 527 g/mol. The van der Waals surface area contributed by atoms with Crippen LogP contribution in [0.5, 0.6) is 5.75 Å². The number of likely N-dealkylation sites (tertiary alicyclic amines) is 1. The van der Waals surface area contributed by atoms with Crippen molar-refractivity contribution in [3.05, 3.63) is 58.9 Å². The molecule has 1 N–H and O–H groups in total. The van der Waals surface area contributed by atoms with E-state index >= 15 is 0 Å². The molecule has 1 saturated carbocycles. The highest BCUT2D eigenvalue weighted by Crippen LogP contribution is 2.56. The summed E-state index contributed by atoms with van der Waals surface area (Å²) in [5.41, 5.74) is 1.17. The quantitative estimate of drug-likeness (QED) is 0.386. The van der Waals surface area contributed by atoms with Gasteiger partial charge in [0.05, 0.1) is 20.8 Å². The molecule has 0 spiro atoms. The Labute approximate surface area is 229 Å². The Morgan fingerprint density at radius 1 is 1.28 bits per heavy atom. The lowest BCUT2D eigenvalue weighted by atomic mass is 10.00. The largest absolute Gasteiger partial charge is 0.587 e. The maximum atomic E-state index is 14.3. The van der Waals surface area contributed by atoms with Crippen molar-refractivity contribution in [3.63, 3.8) is 0 Å². The van der Waals surface area contributed by atoms with Crippen LogP contribution >= 0.6 is 0 Å². The third kappa shape index (κ3) is 5.49. The van der Waals surface area contributed by atoms with E-state index in [-0.39, 0.29) is 34.6 Å². The van der Waals surface area contributed by atoms with E-state index in [0.29, 0.717) is 30.4 Å². The molecule has 2 fully saturated rings. The van der Waals surface area contributed by atoms with Crippen molar-refractivity contribution in [2.24, 2.45) is 11.8 Å². The number of benzene rings is 2. The minimum Gasteiger partial charge on any atom is -0.587 e. The fourth-order valence-corrected chi connectivity index (χ4v) is 6.56. The average molecular weight is 559 g/mol. The van der Waals surface area contributed by atoms with Gasteiger partial charge < -0.3 is 23.9 Å². The van der Waals surface area contributed by atoms with E-state index in [9.17, 15) is 23.6 Å². The number of aliphatic hydroxyl groups is 1. The van der Waals surface area contributed by atoms with Gasteiger partial charge in [0.15, 0.2) is 4.90 Å². The van der Waals surface area contributed by atoms with Crippen LogP contribution in [0.3, 0.4) is 0 Å². The first-order valence-corrected chi connectivity index (χ1v) is 13.9. The minimum absolute atomic E-state index is 0.00854. The zero-order valence-electron chi connectivity index (χ0n) is 21.8. The molecule has 4 atom stereocenters. The van der Waals surface area contributed by atoms with Crippen LogP contribution in [0, 0.1) is 17.7 Å². The molecule has 2 aromatic carbocycles. The number of nitrogens with zero attached hydrogens (tertiary/aromatic N) is 2. The molecule has 0 radical (unpaired) electrons. The monoisotopic (exact) mass is 558 g/mol. The molecule has 1 unspecified atom stereocenters. The molecule has 208 valence electrons. The second kappa shape index (κ2) is 11.5. The number of carbonyl (C=O) groups is 2. The summed E-state index contributed by atoms with van der Waals surface area (Å²) < 4.78 is 45.1.